The molecule has 0 aromatic rings. The molecule has 0 radical (unpaired) electrons. The van der Waals surface area contributed by atoms with E-state index >= 15 is 0 Å². The zero-order valence-electron chi connectivity index (χ0n) is 6.65. The molecule has 1 amide bonds. The fourth-order valence-corrected chi connectivity index (χ4v) is 2.51. The van der Waals surface area contributed by atoms with E-state index in [-0.39, 0.29) is 11.7 Å². The third-order valence-electron chi connectivity index (χ3n) is 1.87. The molecule has 6 heteroatoms. The fraction of sp³-hybridized carbons (Fsp3) is 0.833. The van der Waals surface area contributed by atoms with Gasteiger partial charge in [0.2, 0.25) is 5.91 Å². The van der Waals surface area contributed by atoms with Crippen molar-refractivity contribution in [3.63, 3.8) is 0 Å². The summed E-state index contributed by atoms with van der Waals surface area (Å²) in [5.74, 6) is 0.784. The van der Waals surface area contributed by atoms with Crippen molar-refractivity contribution in [3.8, 4) is 0 Å². The molecule has 0 aromatic carbocycles. The molecule has 4 nitrogen and oxygen atoms in total. The second-order valence-electron chi connectivity index (χ2n) is 2.76. The molecule has 1 N–H and O–H groups in total. The first kappa shape index (κ1) is 9.85. The molecule has 1 heterocycles. The minimum Gasteiger partial charge on any atom is -0.340 e. The van der Waals surface area contributed by atoms with Gasteiger partial charge in [-0.25, -0.2) is 4.21 Å². The lowest BCUT2D eigenvalue weighted by Crippen LogP contribution is -2.43. The highest BCUT2D eigenvalue weighted by Crippen LogP contribution is 2.04. The summed E-state index contributed by atoms with van der Waals surface area (Å²) in [5, 5.41) is 0. The van der Waals surface area contributed by atoms with Gasteiger partial charge in [0.1, 0.15) is 0 Å². The zero-order valence-corrected chi connectivity index (χ0v) is 8.37. The number of hydrogen-bond donors (Lipinski definition) is 2. The van der Waals surface area contributed by atoms with Gasteiger partial charge in [0.15, 0.2) is 0 Å². The van der Waals surface area contributed by atoms with Gasteiger partial charge in [0.05, 0.1) is 5.75 Å². The molecule has 1 saturated heterocycles. The first-order valence-corrected chi connectivity index (χ1v) is 6.21. The average Bonchev–Trinajstić information content (AvgIpc) is 2.03. The Hall–Kier alpha value is -0.230. The summed E-state index contributed by atoms with van der Waals surface area (Å²) in [6.07, 6.45) is 0. The molecule has 1 aliphatic rings. The lowest BCUT2D eigenvalue weighted by Gasteiger charge is -2.27. The summed E-state index contributed by atoms with van der Waals surface area (Å²) in [6.45, 7) is 0.892. The van der Waals surface area contributed by atoms with Crippen LogP contribution in [-0.2, 0) is 14.5 Å². The van der Waals surface area contributed by atoms with E-state index in [4.69, 9.17) is 4.78 Å². The number of rotatable bonds is 1. The van der Waals surface area contributed by atoms with Crippen molar-refractivity contribution in [3.05, 3.63) is 0 Å². The summed E-state index contributed by atoms with van der Waals surface area (Å²) in [4.78, 5) is 12.7. The van der Waals surface area contributed by atoms with Crippen LogP contribution in [0.5, 0.6) is 0 Å². The van der Waals surface area contributed by atoms with Crippen LogP contribution in [0.15, 0.2) is 0 Å². The van der Waals surface area contributed by atoms with Crippen LogP contribution in [0.2, 0.25) is 0 Å². The summed E-state index contributed by atoms with van der Waals surface area (Å²) in [6, 6.07) is 0. The summed E-state index contributed by atoms with van der Waals surface area (Å²) in [7, 11) is -2.38. The zero-order chi connectivity index (χ0) is 9.19. The maximum Gasteiger partial charge on any atom is 0.232 e. The molecule has 1 aliphatic heterocycles. The van der Waals surface area contributed by atoms with Crippen molar-refractivity contribution in [1.29, 1.82) is 4.78 Å². The SMILES string of the molecule is N=S1(=O)CCN(C(=O)CS)CC1. The van der Waals surface area contributed by atoms with Gasteiger partial charge < -0.3 is 4.90 Å². The van der Waals surface area contributed by atoms with Crippen molar-refractivity contribution >= 4 is 28.3 Å². The standard InChI is InChI=1S/C6H12N2O2S2/c7-12(10)3-1-8(2-4-12)6(9)5-11/h7,11H,1-5H2. The second kappa shape index (κ2) is 3.66. The van der Waals surface area contributed by atoms with E-state index in [1.165, 1.54) is 0 Å². The van der Waals surface area contributed by atoms with Crippen LogP contribution in [0, 0.1) is 4.78 Å². The van der Waals surface area contributed by atoms with Gasteiger partial charge in [-0.2, -0.15) is 12.6 Å². The Balaban J connectivity index is 2.52. The van der Waals surface area contributed by atoms with E-state index < -0.39 is 9.73 Å². The third kappa shape index (κ3) is 2.38. The molecule has 1 rings (SSSR count). The number of nitrogens with one attached hydrogen (secondary N) is 1. The van der Waals surface area contributed by atoms with Crippen molar-refractivity contribution < 1.29 is 9.00 Å². The number of thiol groups is 1. The molecular weight excluding hydrogens is 196 g/mol. The topological polar surface area (TPSA) is 61.2 Å². The van der Waals surface area contributed by atoms with Crippen molar-refractivity contribution in [1.82, 2.24) is 4.90 Å². The van der Waals surface area contributed by atoms with Gasteiger partial charge in [-0.1, -0.05) is 0 Å². The Morgan fingerprint density at radius 3 is 2.42 bits per heavy atom. The predicted octanol–water partition coefficient (Wildman–Crippen LogP) is -0.195. The predicted molar refractivity (Wildman–Crippen MR) is 51.0 cm³/mol. The fourth-order valence-electron chi connectivity index (χ4n) is 1.08. The summed E-state index contributed by atoms with van der Waals surface area (Å²) < 4.78 is 18.5. The van der Waals surface area contributed by atoms with Crippen molar-refractivity contribution in [2.45, 2.75) is 0 Å². The van der Waals surface area contributed by atoms with Gasteiger partial charge in [-0.15, -0.1) is 0 Å². The molecule has 0 aliphatic carbocycles. The maximum absolute atomic E-state index is 11.2. The first-order valence-electron chi connectivity index (χ1n) is 3.68. The van der Waals surface area contributed by atoms with Gasteiger partial charge in [-0.05, 0) is 0 Å². The number of carbonyl (C=O) groups is 1. The molecule has 0 atom stereocenters. The molecule has 70 valence electrons. The lowest BCUT2D eigenvalue weighted by molar-refractivity contribution is -0.127. The first-order chi connectivity index (χ1) is 5.55. The molecule has 0 aromatic heterocycles. The Morgan fingerprint density at radius 2 is 2.00 bits per heavy atom. The average molecular weight is 208 g/mol. The van der Waals surface area contributed by atoms with E-state index in [1.807, 2.05) is 0 Å². The third-order valence-corrected chi connectivity index (χ3v) is 3.82. The Morgan fingerprint density at radius 1 is 1.50 bits per heavy atom. The van der Waals surface area contributed by atoms with Crippen LogP contribution >= 0.6 is 12.6 Å². The molecule has 12 heavy (non-hydrogen) atoms. The monoisotopic (exact) mass is 208 g/mol. The smallest absolute Gasteiger partial charge is 0.232 e. The minimum atomic E-state index is -2.38. The van der Waals surface area contributed by atoms with Gasteiger partial charge in [0, 0.05) is 34.3 Å². The summed E-state index contributed by atoms with van der Waals surface area (Å²) >= 11 is 3.86. The molecule has 0 saturated carbocycles. The molecule has 0 unspecified atom stereocenters. The van der Waals surface area contributed by atoms with Crippen LogP contribution < -0.4 is 0 Å². The minimum absolute atomic E-state index is 0.0340. The normalized spacial score (nSPS) is 22.2. The highest BCUT2D eigenvalue weighted by molar-refractivity contribution is 7.92. The lowest BCUT2D eigenvalue weighted by atomic mass is 10.5. The quantitative estimate of drug-likeness (QED) is 0.587. The van der Waals surface area contributed by atoms with Crippen LogP contribution in [0.4, 0.5) is 0 Å². The van der Waals surface area contributed by atoms with Crippen molar-refractivity contribution in [2.24, 2.45) is 0 Å². The molecular formula is C6H12N2O2S2. The Bertz CT molecular complexity index is 259. The van der Waals surface area contributed by atoms with Crippen molar-refractivity contribution in [2.75, 3.05) is 30.3 Å². The Labute approximate surface area is 77.7 Å². The highest BCUT2D eigenvalue weighted by Gasteiger charge is 2.21. The van der Waals surface area contributed by atoms with Crippen LogP contribution in [0.3, 0.4) is 0 Å². The number of hydrogen-bond acceptors (Lipinski definition) is 4. The van der Waals surface area contributed by atoms with Crippen LogP contribution in [0.1, 0.15) is 0 Å². The number of carbonyl (C=O) groups excluding carboxylic acids is 1. The van der Waals surface area contributed by atoms with E-state index in [1.54, 1.807) is 4.90 Å². The maximum atomic E-state index is 11.2. The van der Waals surface area contributed by atoms with Gasteiger partial charge in [0.25, 0.3) is 0 Å². The highest BCUT2D eigenvalue weighted by atomic mass is 32.2. The van der Waals surface area contributed by atoms with Gasteiger partial charge >= 0.3 is 0 Å². The molecule has 0 bridgehead atoms. The summed E-state index contributed by atoms with van der Waals surface area (Å²) in [5.41, 5.74) is 0. The largest absolute Gasteiger partial charge is 0.340 e. The molecule has 0 spiro atoms. The van der Waals surface area contributed by atoms with E-state index in [0.717, 1.165) is 0 Å². The molecule has 1 fully saturated rings. The van der Waals surface area contributed by atoms with Gasteiger partial charge in [-0.3, -0.25) is 9.57 Å². The van der Waals surface area contributed by atoms with E-state index in [9.17, 15) is 9.00 Å². The van der Waals surface area contributed by atoms with Crippen LogP contribution in [-0.4, -0.2) is 45.4 Å². The Kier molecular flexibility index (Phi) is 3.00. The van der Waals surface area contributed by atoms with Crippen LogP contribution in [0.25, 0.3) is 0 Å². The number of amides is 1. The second-order valence-corrected chi connectivity index (χ2v) is 5.52. The number of nitrogens with zero attached hydrogens (tertiary/aromatic N) is 1. The van der Waals surface area contributed by atoms with E-state index in [0.29, 0.717) is 24.6 Å². The van der Waals surface area contributed by atoms with E-state index in [2.05, 4.69) is 12.6 Å².